The summed E-state index contributed by atoms with van der Waals surface area (Å²) in [4.78, 5) is 0. The maximum absolute atomic E-state index is 12.0. The topological polar surface area (TPSA) is 35.3 Å². The molecule has 0 saturated carbocycles. The van der Waals surface area contributed by atoms with Crippen LogP contribution in [0.1, 0.15) is 5.56 Å². The number of para-hydroxylation sites is 2. The highest BCUT2D eigenvalue weighted by atomic mass is 16.5. The van der Waals surface area contributed by atoms with Crippen LogP contribution in [0.4, 0.5) is 5.69 Å². The van der Waals surface area contributed by atoms with Crippen molar-refractivity contribution in [2.45, 2.75) is 0 Å². The van der Waals surface area contributed by atoms with E-state index in [-0.39, 0.29) is 0 Å². The van der Waals surface area contributed by atoms with E-state index in [0.29, 0.717) is 11.4 Å². The van der Waals surface area contributed by atoms with Crippen LogP contribution >= 0.6 is 0 Å². The number of methoxy groups -OCH3 is 1. The molecule has 0 radical (unpaired) electrons. The quantitative estimate of drug-likeness (QED) is 0.350. The SMILES string of the molecule is COc1ccccc1[N+]([O-])=Cc1ccccc1. The van der Waals surface area contributed by atoms with E-state index >= 15 is 0 Å². The predicted octanol–water partition coefficient (Wildman–Crippen LogP) is 2.96. The summed E-state index contributed by atoms with van der Waals surface area (Å²) in [7, 11) is 1.55. The fraction of sp³-hybridized carbons (Fsp3) is 0.0714. The van der Waals surface area contributed by atoms with Crippen molar-refractivity contribution in [2.24, 2.45) is 0 Å². The van der Waals surface area contributed by atoms with Gasteiger partial charge < -0.3 is 9.94 Å². The Balaban J connectivity index is 2.37. The molecule has 3 heteroatoms. The molecule has 0 unspecified atom stereocenters. The minimum Gasteiger partial charge on any atom is -0.618 e. The van der Waals surface area contributed by atoms with Crippen LogP contribution in [-0.4, -0.2) is 18.1 Å². The van der Waals surface area contributed by atoms with Crippen LogP contribution in [0.3, 0.4) is 0 Å². The van der Waals surface area contributed by atoms with Crippen LogP contribution in [0.2, 0.25) is 0 Å². The second-order valence-corrected chi connectivity index (χ2v) is 3.54. The third kappa shape index (κ3) is 2.64. The van der Waals surface area contributed by atoms with Crippen molar-refractivity contribution >= 4 is 11.9 Å². The second kappa shape index (κ2) is 5.16. The van der Waals surface area contributed by atoms with Crippen molar-refractivity contribution in [2.75, 3.05) is 7.11 Å². The molecule has 3 nitrogen and oxygen atoms in total. The highest BCUT2D eigenvalue weighted by Crippen LogP contribution is 2.25. The van der Waals surface area contributed by atoms with Crippen molar-refractivity contribution in [1.82, 2.24) is 0 Å². The minimum absolute atomic E-state index is 0.499. The van der Waals surface area contributed by atoms with Gasteiger partial charge in [0.25, 0.3) is 5.69 Å². The number of nitrogens with zero attached hydrogens (tertiary/aromatic N) is 1. The number of hydrogen-bond donors (Lipinski definition) is 0. The number of hydrogen-bond acceptors (Lipinski definition) is 2. The molecule has 0 atom stereocenters. The Hall–Kier alpha value is -2.29. The lowest BCUT2D eigenvalue weighted by atomic mass is 10.2. The first-order valence-corrected chi connectivity index (χ1v) is 5.30. The van der Waals surface area contributed by atoms with Crippen molar-refractivity contribution in [1.29, 1.82) is 0 Å². The number of rotatable bonds is 3. The molecule has 0 saturated heterocycles. The van der Waals surface area contributed by atoms with E-state index in [9.17, 15) is 5.21 Å². The van der Waals surface area contributed by atoms with Crippen LogP contribution in [0.5, 0.6) is 5.75 Å². The largest absolute Gasteiger partial charge is 0.618 e. The van der Waals surface area contributed by atoms with E-state index in [4.69, 9.17) is 4.74 Å². The first-order valence-electron chi connectivity index (χ1n) is 5.30. The maximum Gasteiger partial charge on any atom is 0.258 e. The summed E-state index contributed by atoms with van der Waals surface area (Å²) in [5.41, 5.74) is 1.35. The molecule has 0 bridgehead atoms. The molecule has 0 aliphatic carbocycles. The van der Waals surface area contributed by atoms with Gasteiger partial charge in [-0.15, -0.1) is 0 Å². The third-order valence-corrected chi connectivity index (χ3v) is 2.39. The minimum atomic E-state index is 0.499. The molecule has 0 spiro atoms. The molecule has 2 aromatic carbocycles. The molecule has 2 rings (SSSR count). The summed E-state index contributed by atoms with van der Waals surface area (Å²) in [6, 6.07) is 16.6. The lowest BCUT2D eigenvalue weighted by molar-refractivity contribution is -0.355. The van der Waals surface area contributed by atoms with Gasteiger partial charge in [-0.1, -0.05) is 30.3 Å². The zero-order valence-electron chi connectivity index (χ0n) is 9.54. The van der Waals surface area contributed by atoms with Gasteiger partial charge in [0.15, 0.2) is 12.0 Å². The fourth-order valence-electron chi connectivity index (χ4n) is 1.56. The summed E-state index contributed by atoms with van der Waals surface area (Å²) in [5, 5.41) is 12.0. The second-order valence-electron chi connectivity index (χ2n) is 3.54. The normalized spacial score (nSPS) is 11.2. The molecule has 0 heterocycles. The summed E-state index contributed by atoms with van der Waals surface area (Å²) in [6.45, 7) is 0. The average Bonchev–Trinajstić information content (AvgIpc) is 2.40. The van der Waals surface area contributed by atoms with E-state index in [1.165, 1.54) is 6.21 Å². The number of benzene rings is 2. The zero-order chi connectivity index (χ0) is 12.1. The van der Waals surface area contributed by atoms with E-state index in [2.05, 4.69) is 0 Å². The summed E-state index contributed by atoms with van der Waals surface area (Å²) < 4.78 is 5.96. The Morgan fingerprint density at radius 2 is 1.65 bits per heavy atom. The van der Waals surface area contributed by atoms with Crippen LogP contribution in [0.15, 0.2) is 54.6 Å². The van der Waals surface area contributed by atoms with Crippen molar-refractivity contribution < 1.29 is 9.48 Å². The Labute approximate surface area is 100 Å². The van der Waals surface area contributed by atoms with Gasteiger partial charge in [-0.3, -0.25) is 0 Å². The van der Waals surface area contributed by atoms with Gasteiger partial charge in [-0.2, -0.15) is 4.74 Å². The lowest BCUT2D eigenvalue weighted by Crippen LogP contribution is -2.00. The van der Waals surface area contributed by atoms with Gasteiger partial charge in [-0.05, 0) is 18.2 Å². The zero-order valence-corrected chi connectivity index (χ0v) is 9.54. The smallest absolute Gasteiger partial charge is 0.258 e. The van der Waals surface area contributed by atoms with Gasteiger partial charge in [0.2, 0.25) is 0 Å². The Morgan fingerprint density at radius 1 is 1.00 bits per heavy atom. The van der Waals surface area contributed by atoms with Crippen LogP contribution < -0.4 is 4.74 Å². The summed E-state index contributed by atoms with van der Waals surface area (Å²) >= 11 is 0. The summed E-state index contributed by atoms with van der Waals surface area (Å²) in [5.74, 6) is 0.565. The van der Waals surface area contributed by atoms with Crippen LogP contribution in [-0.2, 0) is 0 Å². The lowest BCUT2D eigenvalue weighted by Gasteiger charge is -2.07. The molecule has 0 aliphatic rings. The van der Waals surface area contributed by atoms with Gasteiger partial charge in [-0.25, -0.2) is 0 Å². The van der Waals surface area contributed by atoms with E-state index in [0.717, 1.165) is 10.3 Å². The highest BCUT2D eigenvalue weighted by molar-refractivity contribution is 5.76. The van der Waals surface area contributed by atoms with Gasteiger partial charge in [0, 0.05) is 11.6 Å². The van der Waals surface area contributed by atoms with E-state index < -0.39 is 0 Å². The van der Waals surface area contributed by atoms with Crippen LogP contribution in [0, 0.1) is 5.21 Å². The average molecular weight is 227 g/mol. The standard InChI is InChI=1S/C14H13NO2/c1-17-14-10-6-5-9-13(14)15(16)11-12-7-3-2-4-8-12/h2-11H,1H3. The molecule has 2 aromatic rings. The molecule has 0 aliphatic heterocycles. The van der Waals surface area contributed by atoms with E-state index in [1.807, 2.05) is 42.5 Å². The first-order chi connectivity index (χ1) is 8.31. The Kier molecular flexibility index (Phi) is 3.40. The van der Waals surface area contributed by atoms with Gasteiger partial charge >= 0.3 is 0 Å². The molecule has 0 aromatic heterocycles. The summed E-state index contributed by atoms with van der Waals surface area (Å²) in [6.07, 6.45) is 1.53. The fourth-order valence-corrected chi connectivity index (χ4v) is 1.56. The molecular weight excluding hydrogens is 214 g/mol. The molecule has 0 N–H and O–H groups in total. The van der Waals surface area contributed by atoms with Crippen molar-refractivity contribution in [3.63, 3.8) is 0 Å². The van der Waals surface area contributed by atoms with E-state index in [1.54, 1.807) is 19.2 Å². The monoisotopic (exact) mass is 227 g/mol. The number of ether oxygens (including phenoxy) is 1. The molecule has 0 amide bonds. The van der Waals surface area contributed by atoms with Gasteiger partial charge in [0.05, 0.1) is 7.11 Å². The van der Waals surface area contributed by atoms with Crippen molar-refractivity contribution in [3.05, 3.63) is 65.4 Å². The molecule has 0 fully saturated rings. The predicted molar refractivity (Wildman–Crippen MR) is 67.9 cm³/mol. The Morgan fingerprint density at radius 3 is 2.35 bits per heavy atom. The first kappa shape index (κ1) is 11.2. The molecular formula is C14H13NO2. The Bertz CT molecular complexity index is 521. The highest BCUT2D eigenvalue weighted by Gasteiger charge is 2.08. The van der Waals surface area contributed by atoms with Crippen LogP contribution in [0.25, 0.3) is 0 Å². The van der Waals surface area contributed by atoms with Gasteiger partial charge in [0.1, 0.15) is 0 Å². The van der Waals surface area contributed by atoms with Crippen molar-refractivity contribution in [3.8, 4) is 5.75 Å². The molecule has 17 heavy (non-hydrogen) atoms. The molecule has 86 valence electrons. The third-order valence-electron chi connectivity index (χ3n) is 2.39. The maximum atomic E-state index is 12.0.